The van der Waals surface area contributed by atoms with Gasteiger partial charge in [-0.15, -0.1) is 5.10 Å². The summed E-state index contributed by atoms with van der Waals surface area (Å²) in [5, 5.41) is 10.1. The Balaban J connectivity index is 2.14. The van der Waals surface area contributed by atoms with Crippen LogP contribution in [0, 0.1) is 0 Å². The molecule has 0 spiro atoms. The molecule has 4 rings (SSSR count). The lowest BCUT2D eigenvalue weighted by molar-refractivity contribution is 0.422. The summed E-state index contributed by atoms with van der Waals surface area (Å²) in [6.45, 7) is 0. The number of nitrogens with zero attached hydrogens (tertiary/aromatic N) is 2. The van der Waals surface area contributed by atoms with Gasteiger partial charge in [0.15, 0.2) is 5.58 Å². The molecule has 0 radical (unpaired) electrons. The van der Waals surface area contributed by atoms with Crippen LogP contribution < -0.4 is 0 Å². The number of fused-ring (bicyclic) bond motifs is 3. The summed E-state index contributed by atoms with van der Waals surface area (Å²) in [6.07, 6.45) is 3.92. The fourth-order valence-electron chi connectivity index (χ4n) is 2.76. The highest BCUT2D eigenvalue weighted by Gasteiger charge is 2.23. The summed E-state index contributed by atoms with van der Waals surface area (Å²) in [4.78, 5) is 0. The van der Waals surface area contributed by atoms with Crippen LogP contribution in [0.4, 0.5) is 0 Å². The van der Waals surface area contributed by atoms with E-state index in [2.05, 4.69) is 44.5 Å². The van der Waals surface area contributed by atoms with Gasteiger partial charge in [-0.3, -0.25) is 0 Å². The van der Waals surface area contributed by atoms with E-state index in [4.69, 9.17) is 4.52 Å². The van der Waals surface area contributed by atoms with Crippen molar-refractivity contribution in [3.63, 3.8) is 0 Å². The molecule has 18 heavy (non-hydrogen) atoms. The minimum atomic E-state index is 0.697. The molecule has 2 aromatic carbocycles. The summed E-state index contributed by atoms with van der Waals surface area (Å²) in [5.74, 6) is 0.697. The fourth-order valence-corrected chi connectivity index (χ4v) is 3.41. The molecule has 1 saturated carbocycles. The Hall–Kier alpha value is -1.42. The van der Waals surface area contributed by atoms with Crippen LogP contribution in [0.15, 0.2) is 33.3 Å². The second-order valence-electron chi connectivity index (χ2n) is 4.88. The van der Waals surface area contributed by atoms with Crippen molar-refractivity contribution in [3.05, 3.63) is 34.3 Å². The monoisotopic (exact) mass is 302 g/mol. The van der Waals surface area contributed by atoms with Gasteiger partial charge in [-0.2, -0.15) is 0 Å². The van der Waals surface area contributed by atoms with Gasteiger partial charge in [-0.25, -0.2) is 0 Å². The van der Waals surface area contributed by atoms with Crippen LogP contribution in [-0.2, 0) is 0 Å². The van der Waals surface area contributed by atoms with Crippen molar-refractivity contribution in [1.29, 1.82) is 0 Å². The molecule has 1 fully saturated rings. The van der Waals surface area contributed by atoms with Crippen molar-refractivity contribution >= 4 is 37.8 Å². The molecule has 0 amide bonds. The van der Waals surface area contributed by atoms with Crippen molar-refractivity contribution in [3.8, 4) is 0 Å². The van der Waals surface area contributed by atoms with Crippen LogP contribution >= 0.6 is 15.9 Å². The van der Waals surface area contributed by atoms with Crippen LogP contribution in [0.3, 0.4) is 0 Å². The van der Waals surface area contributed by atoms with Crippen molar-refractivity contribution in [2.45, 2.75) is 25.2 Å². The van der Waals surface area contributed by atoms with Gasteiger partial charge in [0, 0.05) is 26.6 Å². The molecule has 4 heteroatoms. The number of hydrogen-bond acceptors (Lipinski definition) is 3. The van der Waals surface area contributed by atoms with Crippen molar-refractivity contribution < 1.29 is 4.52 Å². The van der Waals surface area contributed by atoms with Crippen molar-refractivity contribution in [1.82, 2.24) is 10.4 Å². The van der Waals surface area contributed by atoms with Gasteiger partial charge in [0.05, 0.1) is 0 Å². The highest BCUT2D eigenvalue weighted by Crippen LogP contribution is 2.43. The highest BCUT2D eigenvalue weighted by molar-refractivity contribution is 9.10. The Kier molecular flexibility index (Phi) is 2.21. The molecular formula is C14H11BrN2O. The lowest BCUT2D eigenvalue weighted by Crippen LogP contribution is -2.09. The van der Waals surface area contributed by atoms with E-state index in [-0.39, 0.29) is 0 Å². The third kappa shape index (κ3) is 1.35. The molecule has 1 aliphatic rings. The van der Waals surface area contributed by atoms with Crippen molar-refractivity contribution in [2.75, 3.05) is 0 Å². The van der Waals surface area contributed by atoms with Crippen LogP contribution in [0.5, 0.6) is 0 Å². The maximum atomic E-state index is 5.16. The number of hydrogen-bond donors (Lipinski definition) is 0. The third-order valence-corrected chi connectivity index (χ3v) is 4.53. The standard InChI is InChI=1S/C14H11BrN2O/c15-11-7-12-14(16-17-18-12)10-6-2-5-9(13(10)11)8-3-1-4-8/h2,5-8H,1,3-4H2. The first-order valence-electron chi connectivity index (χ1n) is 6.18. The molecule has 0 unspecified atom stereocenters. The van der Waals surface area contributed by atoms with E-state index < -0.39 is 0 Å². The molecule has 1 aliphatic carbocycles. The number of aromatic nitrogens is 2. The van der Waals surface area contributed by atoms with E-state index in [0.717, 1.165) is 21.0 Å². The van der Waals surface area contributed by atoms with Crippen molar-refractivity contribution in [2.24, 2.45) is 0 Å². The SMILES string of the molecule is Brc1cc2onnc2c2cccc(C3CCC3)c12. The molecule has 90 valence electrons. The highest BCUT2D eigenvalue weighted by atomic mass is 79.9. The molecule has 0 saturated heterocycles. The predicted octanol–water partition coefficient (Wildman–Crippen LogP) is 4.41. The molecule has 0 N–H and O–H groups in total. The first-order chi connectivity index (χ1) is 8.84. The van der Waals surface area contributed by atoms with E-state index >= 15 is 0 Å². The van der Waals surface area contributed by atoms with Gasteiger partial charge in [0.1, 0.15) is 5.52 Å². The van der Waals surface area contributed by atoms with Gasteiger partial charge >= 0.3 is 0 Å². The third-order valence-electron chi connectivity index (χ3n) is 3.91. The first-order valence-corrected chi connectivity index (χ1v) is 6.97. The molecule has 1 heterocycles. The van der Waals surface area contributed by atoms with Gasteiger partial charge in [-0.1, -0.05) is 40.5 Å². The first kappa shape index (κ1) is 10.5. The van der Waals surface area contributed by atoms with Gasteiger partial charge < -0.3 is 4.52 Å². The zero-order valence-electron chi connectivity index (χ0n) is 9.69. The predicted molar refractivity (Wildman–Crippen MR) is 73.6 cm³/mol. The number of rotatable bonds is 1. The quantitative estimate of drug-likeness (QED) is 0.668. The Bertz CT molecular complexity index is 746. The van der Waals surface area contributed by atoms with Gasteiger partial charge in [0.25, 0.3) is 0 Å². The lowest BCUT2D eigenvalue weighted by atomic mass is 9.78. The summed E-state index contributed by atoms with van der Waals surface area (Å²) < 4.78 is 6.23. The zero-order valence-corrected chi connectivity index (χ0v) is 11.3. The molecular weight excluding hydrogens is 292 g/mol. The Labute approximate surface area is 112 Å². The van der Waals surface area contributed by atoms with Crippen LogP contribution in [0.25, 0.3) is 21.9 Å². The van der Waals surface area contributed by atoms with Crippen LogP contribution in [-0.4, -0.2) is 10.4 Å². The van der Waals surface area contributed by atoms with E-state index in [1.54, 1.807) is 0 Å². The molecule has 1 aromatic heterocycles. The van der Waals surface area contributed by atoms with Gasteiger partial charge in [0.2, 0.25) is 0 Å². The number of benzene rings is 2. The number of halogens is 1. The van der Waals surface area contributed by atoms with E-state index in [0.29, 0.717) is 5.92 Å². The smallest absolute Gasteiger partial charge is 0.189 e. The maximum Gasteiger partial charge on any atom is 0.189 e. The van der Waals surface area contributed by atoms with Crippen LogP contribution in [0.1, 0.15) is 30.7 Å². The molecule has 0 aliphatic heterocycles. The molecule has 0 atom stereocenters. The van der Waals surface area contributed by atoms with E-state index in [1.165, 1.54) is 30.2 Å². The minimum Gasteiger partial charge on any atom is -0.337 e. The Morgan fingerprint density at radius 1 is 1.28 bits per heavy atom. The fraction of sp³-hybridized carbons (Fsp3) is 0.286. The summed E-state index contributed by atoms with van der Waals surface area (Å²) in [6, 6.07) is 8.40. The summed E-state index contributed by atoms with van der Waals surface area (Å²) in [5.41, 5.74) is 3.02. The zero-order chi connectivity index (χ0) is 12.1. The Morgan fingerprint density at radius 3 is 2.94 bits per heavy atom. The summed E-state index contributed by atoms with van der Waals surface area (Å²) >= 11 is 3.66. The van der Waals surface area contributed by atoms with Crippen LogP contribution in [0.2, 0.25) is 0 Å². The molecule has 3 aromatic rings. The minimum absolute atomic E-state index is 0.697. The lowest BCUT2D eigenvalue weighted by Gasteiger charge is -2.27. The molecule has 0 bridgehead atoms. The van der Waals surface area contributed by atoms with Gasteiger partial charge in [-0.05, 0) is 24.3 Å². The topological polar surface area (TPSA) is 38.9 Å². The Morgan fingerprint density at radius 2 is 2.17 bits per heavy atom. The summed E-state index contributed by atoms with van der Waals surface area (Å²) in [7, 11) is 0. The van der Waals surface area contributed by atoms with E-state index in [1.807, 2.05) is 6.07 Å². The average Bonchev–Trinajstić information content (AvgIpc) is 2.75. The second-order valence-corrected chi connectivity index (χ2v) is 5.73. The largest absolute Gasteiger partial charge is 0.337 e. The normalized spacial score (nSPS) is 16.3. The maximum absolute atomic E-state index is 5.16. The second kappa shape index (κ2) is 3.79. The average molecular weight is 303 g/mol. The van der Waals surface area contributed by atoms with E-state index in [9.17, 15) is 0 Å². The molecule has 3 nitrogen and oxygen atoms in total.